The summed E-state index contributed by atoms with van der Waals surface area (Å²) in [7, 11) is 0. The topological polar surface area (TPSA) is 72.4 Å². The second kappa shape index (κ2) is 5.30. The fourth-order valence-corrected chi connectivity index (χ4v) is 3.55. The molecule has 0 radical (unpaired) electrons. The van der Waals surface area contributed by atoms with Crippen LogP contribution < -0.4 is 11.1 Å². The quantitative estimate of drug-likeness (QED) is 0.887. The lowest BCUT2D eigenvalue weighted by Gasteiger charge is -2.16. The second-order valence-corrected chi connectivity index (χ2v) is 5.95. The van der Waals surface area contributed by atoms with E-state index >= 15 is 0 Å². The molecule has 1 fully saturated rings. The van der Waals surface area contributed by atoms with Crippen LogP contribution in [0, 0.1) is 11.8 Å². The lowest BCUT2D eigenvalue weighted by molar-refractivity contribution is -0.126. The maximum Gasteiger partial charge on any atom is 0.223 e. The highest BCUT2D eigenvalue weighted by molar-refractivity contribution is 7.15. The van der Waals surface area contributed by atoms with Gasteiger partial charge in [-0.25, -0.2) is 4.98 Å². The molecular weight excluding hydrogens is 260 g/mol. The molecule has 0 spiro atoms. The third-order valence-corrected chi connectivity index (χ3v) is 4.66. The first-order valence-corrected chi connectivity index (χ1v) is 7.54. The predicted octanol–water partition coefficient (Wildman–Crippen LogP) is 1.39. The summed E-state index contributed by atoms with van der Waals surface area (Å²) in [5.74, 6) is 0.573. The molecular formula is C13H18N4OS. The molecule has 1 aliphatic carbocycles. The van der Waals surface area contributed by atoms with E-state index in [0.717, 1.165) is 29.9 Å². The summed E-state index contributed by atoms with van der Waals surface area (Å²) in [5.41, 5.74) is 6.62. The maximum atomic E-state index is 12.1. The Hall–Kier alpha value is -1.40. The summed E-state index contributed by atoms with van der Waals surface area (Å²) in [6, 6.07) is 0. The Balaban J connectivity index is 1.59. The van der Waals surface area contributed by atoms with Crippen LogP contribution in [0.25, 0.3) is 4.96 Å². The molecule has 102 valence electrons. The molecule has 0 unspecified atom stereocenters. The molecule has 0 aliphatic heterocycles. The average Bonchev–Trinajstić information content (AvgIpc) is 3.09. The summed E-state index contributed by atoms with van der Waals surface area (Å²) < 4.78 is 1.98. The first-order chi connectivity index (χ1) is 9.28. The van der Waals surface area contributed by atoms with Crippen LogP contribution in [0.15, 0.2) is 17.8 Å². The molecule has 3 rings (SSSR count). The highest BCUT2D eigenvalue weighted by Gasteiger charge is 2.31. The van der Waals surface area contributed by atoms with Gasteiger partial charge in [0.1, 0.15) is 0 Å². The Morgan fingerprint density at radius 1 is 1.58 bits per heavy atom. The van der Waals surface area contributed by atoms with E-state index in [0.29, 0.717) is 19.0 Å². The minimum atomic E-state index is 0.0914. The summed E-state index contributed by atoms with van der Waals surface area (Å²) in [5, 5.41) is 4.99. The van der Waals surface area contributed by atoms with Gasteiger partial charge in [-0.3, -0.25) is 9.20 Å². The van der Waals surface area contributed by atoms with Gasteiger partial charge < -0.3 is 11.1 Å². The Labute approximate surface area is 115 Å². The first-order valence-electron chi connectivity index (χ1n) is 6.67. The summed E-state index contributed by atoms with van der Waals surface area (Å²) in [6.45, 7) is 1.11. The summed E-state index contributed by atoms with van der Waals surface area (Å²) in [4.78, 5) is 17.6. The van der Waals surface area contributed by atoms with Crippen molar-refractivity contribution in [2.24, 2.45) is 17.6 Å². The van der Waals surface area contributed by atoms with E-state index in [1.54, 1.807) is 11.3 Å². The van der Waals surface area contributed by atoms with Crippen molar-refractivity contribution < 1.29 is 4.79 Å². The standard InChI is InChI=1S/C13H18N4OS/c14-6-9-2-1-3-11(9)12(18)15-7-10-8-17-4-5-19-13(17)16-10/h4-5,8-9,11H,1-3,6-7,14H2,(H,15,18)/t9-,11-/m1/s1. The van der Waals surface area contributed by atoms with Crippen molar-refractivity contribution in [1.29, 1.82) is 0 Å². The van der Waals surface area contributed by atoms with E-state index in [9.17, 15) is 4.79 Å². The van der Waals surface area contributed by atoms with Crippen molar-refractivity contribution in [2.45, 2.75) is 25.8 Å². The largest absolute Gasteiger partial charge is 0.350 e. The van der Waals surface area contributed by atoms with Crippen molar-refractivity contribution in [3.63, 3.8) is 0 Å². The number of hydrogen-bond donors (Lipinski definition) is 2. The minimum absolute atomic E-state index is 0.0914. The number of nitrogens with two attached hydrogens (primary N) is 1. The number of rotatable bonds is 4. The zero-order valence-corrected chi connectivity index (χ0v) is 11.5. The summed E-state index contributed by atoms with van der Waals surface area (Å²) >= 11 is 1.59. The first kappa shape index (κ1) is 12.6. The van der Waals surface area contributed by atoms with Gasteiger partial charge in [0.15, 0.2) is 4.96 Å². The number of imidazole rings is 1. The predicted molar refractivity (Wildman–Crippen MR) is 74.8 cm³/mol. The molecule has 2 heterocycles. The van der Waals surface area contributed by atoms with Crippen LogP contribution in [0.4, 0.5) is 0 Å². The highest BCUT2D eigenvalue weighted by atomic mass is 32.1. The number of hydrogen-bond acceptors (Lipinski definition) is 4. The van der Waals surface area contributed by atoms with Crippen molar-refractivity contribution in [2.75, 3.05) is 6.54 Å². The third kappa shape index (κ3) is 2.50. The van der Waals surface area contributed by atoms with Gasteiger partial charge in [-0.2, -0.15) is 0 Å². The highest BCUT2D eigenvalue weighted by Crippen LogP contribution is 2.30. The molecule has 0 saturated heterocycles. The molecule has 0 bridgehead atoms. The van der Waals surface area contributed by atoms with Crippen molar-refractivity contribution in [1.82, 2.24) is 14.7 Å². The molecule has 5 nitrogen and oxygen atoms in total. The number of amides is 1. The van der Waals surface area contributed by atoms with Gasteiger partial charge in [-0.15, -0.1) is 11.3 Å². The number of thiazole rings is 1. The summed E-state index contributed by atoms with van der Waals surface area (Å²) in [6.07, 6.45) is 7.09. The zero-order chi connectivity index (χ0) is 13.2. The van der Waals surface area contributed by atoms with Crippen molar-refractivity contribution in [3.8, 4) is 0 Å². The molecule has 6 heteroatoms. The van der Waals surface area contributed by atoms with Crippen LogP contribution in [-0.2, 0) is 11.3 Å². The Morgan fingerprint density at radius 2 is 2.47 bits per heavy atom. The lowest BCUT2D eigenvalue weighted by atomic mass is 9.95. The fourth-order valence-electron chi connectivity index (χ4n) is 2.83. The molecule has 2 aromatic rings. The Kier molecular flexibility index (Phi) is 3.52. The molecule has 0 aromatic carbocycles. The average molecular weight is 278 g/mol. The van der Waals surface area contributed by atoms with Gasteiger partial charge in [-0.1, -0.05) is 6.42 Å². The maximum absolute atomic E-state index is 12.1. The second-order valence-electron chi connectivity index (χ2n) is 5.08. The van der Waals surface area contributed by atoms with E-state index in [-0.39, 0.29) is 11.8 Å². The molecule has 3 N–H and O–H groups in total. The Morgan fingerprint density at radius 3 is 3.26 bits per heavy atom. The smallest absolute Gasteiger partial charge is 0.223 e. The van der Waals surface area contributed by atoms with Crippen LogP contribution in [0.1, 0.15) is 25.0 Å². The van der Waals surface area contributed by atoms with Gasteiger partial charge in [0.05, 0.1) is 12.2 Å². The van der Waals surface area contributed by atoms with Crippen LogP contribution in [0.2, 0.25) is 0 Å². The van der Waals surface area contributed by atoms with E-state index in [4.69, 9.17) is 5.73 Å². The molecule has 1 saturated carbocycles. The molecule has 2 aromatic heterocycles. The van der Waals surface area contributed by atoms with Crippen LogP contribution in [-0.4, -0.2) is 21.8 Å². The van der Waals surface area contributed by atoms with E-state index in [2.05, 4.69) is 10.3 Å². The number of nitrogens with one attached hydrogen (secondary N) is 1. The van der Waals surface area contributed by atoms with Crippen molar-refractivity contribution in [3.05, 3.63) is 23.5 Å². The van der Waals surface area contributed by atoms with E-state index in [1.165, 1.54) is 0 Å². The van der Waals surface area contributed by atoms with Gasteiger partial charge >= 0.3 is 0 Å². The zero-order valence-electron chi connectivity index (χ0n) is 10.7. The van der Waals surface area contributed by atoms with Gasteiger partial charge in [0, 0.05) is 23.7 Å². The Bertz CT molecular complexity index is 547. The number of fused-ring (bicyclic) bond motifs is 1. The number of aromatic nitrogens is 2. The normalized spacial score (nSPS) is 23.0. The van der Waals surface area contributed by atoms with Gasteiger partial charge in [0.25, 0.3) is 0 Å². The van der Waals surface area contributed by atoms with E-state index in [1.807, 2.05) is 22.2 Å². The molecule has 1 amide bonds. The van der Waals surface area contributed by atoms with E-state index < -0.39 is 0 Å². The third-order valence-electron chi connectivity index (χ3n) is 3.89. The fraction of sp³-hybridized carbons (Fsp3) is 0.538. The number of carbonyl (C=O) groups excluding carboxylic acids is 1. The van der Waals surface area contributed by atoms with Crippen LogP contribution in [0.3, 0.4) is 0 Å². The number of nitrogens with zero attached hydrogens (tertiary/aromatic N) is 2. The van der Waals surface area contributed by atoms with Crippen LogP contribution in [0.5, 0.6) is 0 Å². The van der Waals surface area contributed by atoms with Crippen molar-refractivity contribution >= 4 is 22.2 Å². The number of carbonyl (C=O) groups is 1. The molecule has 2 atom stereocenters. The SMILES string of the molecule is NC[C@H]1CCC[C@H]1C(=O)NCc1cn2ccsc2n1. The lowest BCUT2D eigenvalue weighted by Crippen LogP contribution is -2.34. The van der Waals surface area contributed by atoms with Crippen LogP contribution >= 0.6 is 11.3 Å². The van der Waals surface area contributed by atoms with Gasteiger partial charge in [-0.05, 0) is 25.3 Å². The monoisotopic (exact) mass is 278 g/mol. The minimum Gasteiger partial charge on any atom is -0.350 e. The molecule has 19 heavy (non-hydrogen) atoms. The molecule has 1 aliphatic rings. The van der Waals surface area contributed by atoms with Gasteiger partial charge in [0.2, 0.25) is 5.91 Å².